The number of thiazole rings is 1. The minimum atomic E-state index is -0.495. The van der Waals surface area contributed by atoms with Crippen molar-refractivity contribution in [1.82, 2.24) is 15.3 Å². The van der Waals surface area contributed by atoms with Crippen molar-refractivity contribution in [1.29, 1.82) is 0 Å². The van der Waals surface area contributed by atoms with Crippen molar-refractivity contribution in [3.8, 4) is 11.5 Å². The second-order valence-electron chi connectivity index (χ2n) is 11.1. The molecule has 8 nitrogen and oxygen atoms in total. The molecule has 9 heteroatoms. The number of pyridine rings is 1. The number of nitrogens with one attached hydrogen (secondary N) is 2. The summed E-state index contributed by atoms with van der Waals surface area (Å²) in [5.74, 6) is 2.30. The average molecular weight is 579 g/mol. The number of amides is 1. The molecule has 0 aliphatic heterocycles. The molecule has 2 aromatic carbocycles. The Balaban J connectivity index is 1.57. The summed E-state index contributed by atoms with van der Waals surface area (Å²) in [4.78, 5) is 22.1. The second kappa shape index (κ2) is 13.9. The summed E-state index contributed by atoms with van der Waals surface area (Å²) < 4.78 is 17.5. The number of aryl methyl sites for hydroxylation is 2. The van der Waals surface area contributed by atoms with Crippen LogP contribution in [0.15, 0.2) is 36.4 Å². The molecule has 2 heterocycles. The van der Waals surface area contributed by atoms with E-state index in [4.69, 9.17) is 24.2 Å². The second-order valence-corrected chi connectivity index (χ2v) is 12.2. The van der Waals surface area contributed by atoms with Gasteiger partial charge in [0.05, 0.1) is 29.4 Å². The van der Waals surface area contributed by atoms with Crippen LogP contribution in [-0.4, -0.2) is 42.4 Å². The van der Waals surface area contributed by atoms with Crippen molar-refractivity contribution in [3.63, 3.8) is 0 Å². The van der Waals surface area contributed by atoms with E-state index in [1.807, 2.05) is 39.0 Å². The summed E-state index contributed by atoms with van der Waals surface area (Å²) in [5, 5.41) is 8.72. The summed E-state index contributed by atoms with van der Waals surface area (Å²) in [6.07, 6.45) is 5.51. The third-order valence-electron chi connectivity index (χ3n) is 6.71. The molecule has 0 saturated heterocycles. The number of unbranched alkanes of at least 4 members (excludes halogenated alkanes) is 2. The molecule has 4 rings (SSSR count). The van der Waals surface area contributed by atoms with Crippen molar-refractivity contribution >= 4 is 44.4 Å². The van der Waals surface area contributed by atoms with Gasteiger partial charge in [0.2, 0.25) is 0 Å². The van der Waals surface area contributed by atoms with Gasteiger partial charge in [-0.25, -0.2) is 14.8 Å². The Labute approximate surface area is 246 Å². The highest BCUT2D eigenvalue weighted by Gasteiger charge is 2.18. The van der Waals surface area contributed by atoms with Gasteiger partial charge in [0.25, 0.3) is 0 Å². The predicted molar refractivity (Wildman–Crippen MR) is 168 cm³/mol. The highest BCUT2D eigenvalue weighted by atomic mass is 32.1. The number of carbonyl (C=O) groups excluding carboxylic acids is 1. The maximum Gasteiger partial charge on any atom is 0.407 e. The average Bonchev–Trinajstić information content (AvgIpc) is 3.38. The number of hydrogen-bond donors (Lipinski definition) is 2. The Kier molecular flexibility index (Phi) is 10.3. The van der Waals surface area contributed by atoms with Crippen LogP contribution in [0.5, 0.6) is 11.5 Å². The minimum Gasteiger partial charge on any atom is -0.497 e. The number of aromatic nitrogens is 2. The van der Waals surface area contributed by atoms with E-state index in [1.54, 1.807) is 25.6 Å². The van der Waals surface area contributed by atoms with Crippen LogP contribution in [0.4, 0.5) is 10.6 Å². The normalized spacial score (nSPS) is 11.6. The van der Waals surface area contributed by atoms with Gasteiger partial charge >= 0.3 is 6.09 Å². The van der Waals surface area contributed by atoms with Crippen LogP contribution in [0, 0.1) is 0 Å². The number of alkyl carbamates (subject to hydrolysis) is 1. The minimum absolute atomic E-state index is 0.370. The third-order valence-corrected chi connectivity index (χ3v) is 7.84. The van der Waals surface area contributed by atoms with Gasteiger partial charge in [0.15, 0.2) is 5.82 Å². The lowest BCUT2D eigenvalue weighted by Crippen LogP contribution is -2.33. The Morgan fingerprint density at radius 3 is 2.54 bits per heavy atom. The summed E-state index contributed by atoms with van der Waals surface area (Å²) in [6, 6.07) is 12.2. The lowest BCUT2D eigenvalue weighted by molar-refractivity contribution is 0.0527. The fourth-order valence-electron chi connectivity index (χ4n) is 4.70. The first-order valence-electron chi connectivity index (χ1n) is 14.3. The molecule has 0 aliphatic rings. The number of anilines is 1. The standard InChI is InChI=1S/C32H42N4O4S/c1-7-8-15-26-36-28-29(41-26)27-21(12-9-10-18-33-31(37)40-32(2,3)4)13-11-14-24(27)35-30(28)34-20-22-16-17-23(38-5)19-25(22)39-6/h11,13-14,16-17,19H,7-10,12,15,18,20H2,1-6H3,(H,33,37)(H,34,35). The monoisotopic (exact) mass is 578 g/mol. The molecular formula is C32H42N4O4S. The van der Waals surface area contributed by atoms with E-state index in [0.29, 0.717) is 13.1 Å². The van der Waals surface area contributed by atoms with Crippen molar-refractivity contribution in [2.24, 2.45) is 0 Å². The van der Waals surface area contributed by atoms with Crippen LogP contribution in [0.2, 0.25) is 0 Å². The maximum atomic E-state index is 12.0. The van der Waals surface area contributed by atoms with Gasteiger partial charge in [0, 0.05) is 30.1 Å². The van der Waals surface area contributed by atoms with Crippen LogP contribution in [0.25, 0.3) is 21.1 Å². The Morgan fingerprint density at radius 1 is 0.976 bits per heavy atom. The summed E-state index contributed by atoms with van der Waals surface area (Å²) in [6.45, 7) is 8.93. The summed E-state index contributed by atoms with van der Waals surface area (Å²) in [5.41, 5.74) is 3.65. The number of carbonyl (C=O) groups is 1. The lowest BCUT2D eigenvalue weighted by Gasteiger charge is -2.19. The zero-order valence-corrected chi connectivity index (χ0v) is 25.9. The van der Waals surface area contributed by atoms with Crippen molar-refractivity contribution in [3.05, 3.63) is 52.5 Å². The van der Waals surface area contributed by atoms with Crippen LogP contribution in [0.3, 0.4) is 0 Å². The molecule has 0 bridgehead atoms. The number of hydrogen-bond acceptors (Lipinski definition) is 8. The largest absolute Gasteiger partial charge is 0.497 e. The van der Waals surface area contributed by atoms with Crippen LogP contribution < -0.4 is 20.1 Å². The van der Waals surface area contributed by atoms with Gasteiger partial charge < -0.3 is 24.8 Å². The van der Waals surface area contributed by atoms with Crippen LogP contribution in [-0.2, 0) is 24.1 Å². The van der Waals surface area contributed by atoms with E-state index >= 15 is 0 Å². The van der Waals surface area contributed by atoms with E-state index in [-0.39, 0.29) is 6.09 Å². The molecule has 2 aromatic heterocycles. The molecule has 41 heavy (non-hydrogen) atoms. The fourth-order valence-corrected chi connectivity index (χ4v) is 5.89. The van der Waals surface area contributed by atoms with Gasteiger partial charge in [-0.15, -0.1) is 11.3 Å². The number of benzene rings is 2. The Hall–Kier alpha value is -3.59. The quantitative estimate of drug-likeness (QED) is 0.157. The molecule has 1 amide bonds. The summed E-state index contributed by atoms with van der Waals surface area (Å²) in [7, 11) is 3.32. The third kappa shape index (κ3) is 8.00. The molecule has 2 N–H and O–H groups in total. The zero-order valence-electron chi connectivity index (χ0n) is 25.1. The summed E-state index contributed by atoms with van der Waals surface area (Å²) >= 11 is 1.78. The number of ether oxygens (including phenoxy) is 3. The molecule has 0 spiro atoms. The van der Waals surface area contributed by atoms with Gasteiger partial charge in [0.1, 0.15) is 22.6 Å². The fraction of sp³-hybridized carbons (Fsp3) is 0.469. The molecule has 220 valence electrons. The van der Waals surface area contributed by atoms with Gasteiger partial charge in [-0.1, -0.05) is 25.5 Å². The first-order valence-corrected chi connectivity index (χ1v) is 15.2. The van der Waals surface area contributed by atoms with E-state index in [0.717, 1.165) is 77.4 Å². The zero-order chi connectivity index (χ0) is 29.4. The number of rotatable bonds is 13. The Bertz CT molecular complexity index is 1480. The van der Waals surface area contributed by atoms with Crippen molar-refractivity contribution < 1.29 is 19.0 Å². The number of nitrogens with zero attached hydrogens (tertiary/aromatic N) is 2. The van der Waals surface area contributed by atoms with Crippen LogP contribution >= 0.6 is 11.3 Å². The Morgan fingerprint density at radius 2 is 1.80 bits per heavy atom. The molecule has 0 radical (unpaired) electrons. The highest BCUT2D eigenvalue weighted by molar-refractivity contribution is 7.19. The number of methoxy groups -OCH3 is 2. The van der Waals surface area contributed by atoms with Crippen molar-refractivity contribution in [2.75, 3.05) is 26.1 Å². The lowest BCUT2D eigenvalue weighted by atomic mass is 10.0. The van der Waals surface area contributed by atoms with Gasteiger partial charge in [-0.3, -0.25) is 0 Å². The molecule has 0 atom stereocenters. The number of fused-ring (bicyclic) bond motifs is 3. The first kappa shape index (κ1) is 30.4. The van der Waals surface area contributed by atoms with Gasteiger partial charge in [-0.05, 0) is 76.6 Å². The molecular weight excluding hydrogens is 536 g/mol. The molecule has 0 aliphatic carbocycles. The van der Waals surface area contributed by atoms with E-state index in [1.165, 1.54) is 15.6 Å². The smallest absolute Gasteiger partial charge is 0.407 e. The highest BCUT2D eigenvalue weighted by Crippen LogP contribution is 2.37. The van der Waals surface area contributed by atoms with E-state index < -0.39 is 5.60 Å². The first-order chi connectivity index (χ1) is 19.7. The van der Waals surface area contributed by atoms with Crippen LogP contribution in [0.1, 0.15) is 69.5 Å². The van der Waals surface area contributed by atoms with E-state index in [9.17, 15) is 4.79 Å². The van der Waals surface area contributed by atoms with E-state index in [2.05, 4.69) is 35.8 Å². The molecule has 0 saturated carbocycles. The molecule has 0 fully saturated rings. The maximum absolute atomic E-state index is 12.0. The van der Waals surface area contributed by atoms with Crippen molar-refractivity contribution in [2.45, 2.75) is 78.4 Å². The SMILES string of the molecule is CCCCc1nc2c(NCc3ccc(OC)cc3OC)nc3cccc(CCCCNC(=O)OC(C)(C)C)c3c2s1. The topological polar surface area (TPSA) is 94.6 Å². The van der Waals surface area contributed by atoms with Gasteiger partial charge in [-0.2, -0.15) is 0 Å². The molecule has 0 unspecified atom stereocenters. The predicted octanol–water partition coefficient (Wildman–Crippen LogP) is 7.66. The molecule has 4 aromatic rings.